The zero-order valence-electron chi connectivity index (χ0n) is 10.7. The van der Waals surface area contributed by atoms with Crippen LogP contribution < -0.4 is 0 Å². The molecule has 1 aliphatic carbocycles. The molecule has 1 aromatic carbocycles. The summed E-state index contributed by atoms with van der Waals surface area (Å²) in [7, 11) is 0. The van der Waals surface area contributed by atoms with Gasteiger partial charge in [0.15, 0.2) is 0 Å². The van der Waals surface area contributed by atoms with Crippen LogP contribution in [-0.4, -0.2) is 16.1 Å². The molecule has 0 aliphatic heterocycles. The highest BCUT2D eigenvalue weighted by atomic mass is 16.4. The first-order chi connectivity index (χ1) is 8.58. The van der Waals surface area contributed by atoms with Crippen molar-refractivity contribution in [3.05, 3.63) is 34.5 Å². The molecule has 1 aliphatic rings. The normalized spacial score (nSPS) is 18.9. The van der Waals surface area contributed by atoms with Crippen LogP contribution in [0.3, 0.4) is 0 Å². The summed E-state index contributed by atoms with van der Waals surface area (Å²) in [5, 5.41) is 10.4. The van der Waals surface area contributed by atoms with Crippen molar-refractivity contribution in [3.63, 3.8) is 0 Å². The Morgan fingerprint density at radius 1 is 1.33 bits per heavy atom. The number of rotatable bonds is 1. The Hall–Kier alpha value is -1.77. The van der Waals surface area contributed by atoms with Crippen molar-refractivity contribution in [2.24, 2.45) is 5.92 Å². The van der Waals surface area contributed by atoms with E-state index in [2.05, 4.69) is 31.0 Å². The van der Waals surface area contributed by atoms with Crippen LogP contribution in [0.15, 0.2) is 12.1 Å². The van der Waals surface area contributed by atoms with E-state index >= 15 is 0 Å². The Morgan fingerprint density at radius 2 is 2.06 bits per heavy atom. The molecule has 1 atom stereocenters. The van der Waals surface area contributed by atoms with Crippen LogP contribution in [0.1, 0.15) is 28.8 Å². The molecule has 94 valence electrons. The Kier molecular flexibility index (Phi) is 2.44. The molecule has 1 aromatic heterocycles. The van der Waals surface area contributed by atoms with Crippen molar-refractivity contribution in [1.29, 1.82) is 0 Å². The summed E-state index contributed by atoms with van der Waals surface area (Å²) >= 11 is 0. The van der Waals surface area contributed by atoms with E-state index in [0.29, 0.717) is 6.42 Å². The molecule has 3 heteroatoms. The molecule has 0 saturated heterocycles. The number of fused-ring (bicyclic) bond motifs is 3. The van der Waals surface area contributed by atoms with Gasteiger partial charge in [-0.05, 0) is 43.4 Å². The van der Waals surface area contributed by atoms with E-state index < -0.39 is 5.97 Å². The second-order valence-corrected chi connectivity index (χ2v) is 5.31. The van der Waals surface area contributed by atoms with Gasteiger partial charge in [0.1, 0.15) is 0 Å². The van der Waals surface area contributed by atoms with E-state index in [1.807, 2.05) is 0 Å². The third-order valence-corrected chi connectivity index (χ3v) is 4.11. The summed E-state index contributed by atoms with van der Waals surface area (Å²) in [4.78, 5) is 14.5. The Bertz CT molecular complexity index is 639. The number of benzene rings is 1. The smallest absolute Gasteiger partial charge is 0.306 e. The van der Waals surface area contributed by atoms with E-state index in [1.165, 1.54) is 27.6 Å². The third kappa shape index (κ3) is 1.54. The Balaban J connectivity index is 2.19. The minimum Gasteiger partial charge on any atom is -0.481 e. The molecule has 0 fully saturated rings. The van der Waals surface area contributed by atoms with E-state index in [4.69, 9.17) is 5.11 Å². The number of hydrogen-bond donors (Lipinski definition) is 2. The van der Waals surface area contributed by atoms with E-state index in [-0.39, 0.29) is 5.92 Å². The minimum atomic E-state index is -0.673. The standard InChI is InChI=1S/C15H17NO2/c1-8-3-4-9(2)14-13(8)11-6-5-10(15(17)18)7-12(11)16-14/h3-4,10,16H,5-7H2,1-2H3,(H,17,18). The van der Waals surface area contributed by atoms with Gasteiger partial charge in [0.25, 0.3) is 0 Å². The predicted octanol–water partition coefficient (Wildman–Crippen LogP) is 2.97. The number of carbonyl (C=O) groups is 1. The largest absolute Gasteiger partial charge is 0.481 e. The van der Waals surface area contributed by atoms with Gasteiger partial charge in [-0.3, -0.25) is 4.79 Å². The molecule has 2 N–H and O–H groups in total. The number of H-pyrrole nitrogens is 1. The SMILES string of the molecule is Cc1ccc(C)c2c3c([nH]c12)CC(C(=O)O)CC3. The van der Waals surface area contributed by atoms with Crippen LogP contribution in [-0.2, 0) is 17.6 Å². The van der Waals surface area contributed by atoms with Gasteiger partial charge in [0, 0.05) is 23.0 Å². The number of hydrogen-bond acceptors (Lipinski definition) is 1. The molecular weight excluding hydrogens is 226 g/mol. The molecule has 0 amide bonds. The van der Waals surface area contributed by atoms with Gasteiger partial charge < -0.3 is 10.1 Å². The third-order valence-electron chi connectivity index (χ3n) is 4.11. The molecule has 0 bridgehead atoms. The average molecular weight is 243 g/mol. The van der Waals surface area contributed by atoms with E-state index in [9.17, 15) is 4.79 Å². The van der Waals surface area contributed by atoms with Crippen molar-refractivity contribution >= 4 is 16.9 Å². The monoisotopic (exact) mass is 243 g/mol. The second kappa shape index (κ2) is 3.87. The van der Waals surface area contributed by atoms with Crippen LogP contribution in [0.2, 0.25) is 0 Å². The number of carboxylic acid groups (broad SMARTS) is 1. The average Bonchev–Trinajstić information content (AvgIpc) is 2.73. The van der Waals surface area contributed by atoms with Gasteiger partial charge in [-0.1, -0.05) is 12.1 Å². The number of aryl methyl sites for hydroxylation is 3. The fraction of sp³-hybridized carbons (Fsp3) is 0.400. The van der Waals surface area contributed by atoms with E-state index in [1.54, 1.807) is 0 Å². The molecule has 3 nitrogen and oxygen atoms in total. The summed E-state index contributed by atoms with van der Waals surface area (Å²) in [6, 6.07) is 4.27. The van der Waals surface area contributed by atoms with Crippen LogP contribution >= 0.6 is 0 Å². The van der Waals surface area contributed by atoms with Crippen LogP contribution in [0.25, 0.3) is 10.9 Å². The molecule has 3 rings (SSSR count). The number of aromatic nitrogens is 1. The highest BCUT2D eigenvalue weighted by molar-refractivity contribution is 5.90. The second-order valence-electron chi connectivity index (χ2n) is 5.31. The zero-order chi connectivity index (χ0) is 12.9. The lowest BCUT2D eigenvalue weighted by Gasteiger charge is -2.18. The van der Waals surface area contributed by atoms with Gasteiger partial charge in [-0.25, -0.2) is 0 Å². The lowest BCUT2D eigenvalue weighted by atomic mass is 9.86. The van der Waals surface area contributed by atoms with Crippen LogP contribution in [0.5, 0.6) is 0 Å². The first kappa shape index (κ1) is 11.3. The Labute approximate surface area is 106 Å². The number of nitrogens with one attached hydrogen (secondary N) is 1. The van der Waals surface area contributed by atoms with Crippen molar-refractivity contribution in [3.8, 4) is 0 Å². The molecule has 2 aromatic rings. The maximum Gasteiger partial charge on any atom is 0.306 e. The number of aliphatic carboxylic acids is 1. The quantitative estimate of drug-likeness (QED) is 0.809. The van der Waals surface area contributed by atoms with Crippen LogP contribution in [0, 0.1) is 19.8 Å². The maximum absolute atomic E-state index is 11.1. The Morgan fingerprint density at radius 3 is 2.78 bits per heavy atom. The molecule has 0 saturated carbocycles. The lowest BCUT2D eigenvalue weighted by molar-refractivity contribution is -0.142. The fourth-order valence-corrected chi connectivity index (χ4v) is 3.07. The van der Waals surface area contributed by atoms with Gasteiger partial charge in [-0.15, -0.1) is 0 Å². The lowest BCUT2D eigenvalue weighted by Crippen LogP contribution is -2.21. The van der Waals surface area contributed by atoms with Crippen molar-refractivity contribution in [2.45, 2.75) is 33.1 Å². The molecule has 18 heavy (non-hydrogen) atoms. The van der Waals surface area contributed by atoms with E-state index in [0.717, 1.165) is 18.5 Å². The number of aromatic amines is 1. The molecule has 0 radical (unpaired) electrons. The first-order valence-corrected chi connectivity index (χ1v) is 6.40. The zero-order valence-corrected chi connectivity index (χ0v) is 10.7. The number of carboxylic acids is 1. The fourth-order valence-electron chi connectivity index (χ4n) is 3.07. The maximum atomic E-state index is 11.1. The van der Waals surface area contributed by atoms with Gasteiger partial charge in [-0.2, -0.15) is 0 Å². The summed E-state index contributed by atoms with van der Waals surface area (Å²) in [5.41, 5.74) is 6.16. The summed E-state index contributed by atoms with van der Waals surface area (Å²) < 4.78 is 0. The van der Waals surface area contributed by atoms with Crippen molar-refractivity contribution < 1.29 is 9.90 Å². The first-order valence-electron chi connectivity index (χ1n) is 6.40. The molecule has 0 spiro atoms. The van der Waals surface area contributed by atoms with Gasteiger partial charge >= 0.3 is 5.97 Å². The highest BCUT2D eigenvalue weighted by Gasteiger charge is 2.27. The summed E-state index contributed by atoms with van der Waals surface area (Å²) in [5.74, 6) is -0.904. The van der Waals surface area contributed by atoms with Gasteiger partial charge in [0.05, 0.1) is 5.92 Å². The van der Waals surface area contributed by atoms with Crippen molar-refractivity contribution in [2.75, 3.05) is 0 Å². The molecular formula is C15H17NO2. The molecule has 1 heterocycles. The molecule has 1 unspecified atom stereocenters. The van der Waals surface area contributed by atoms with Crippen molar-refractivity contribution in [1.82, 2.24) is 4.98 Å². The predicted molar refractivity (Wildman–Crippen MR) is 70.9 cm³/mol. The topological polar surface area (TPSA) is 53.1 Å². The summed E-state index contributed by atoms with van der Waals surface area (Å²) in [6.07, 6.45) is 2.26. The summed E-state index contributed by atoms with van der Waals surface area (Å²) in [6.45, 7) is 4.22. The highest BCUT2D eigenvalue weighted by Crippen LogP contribution is 2.34. The van der Waals surface area contributed by atoms with Crippen LogP contribution in [0.4, 0.5) is 0 Å². The minimum absolute atomic E-state index is 0.230. The van der Waals surface area contributed by atoms with Gasteiger partial charge in [0.2, 0.25) is 0 Å².